The molecule has 0 saturated carbocycles. The van der Waals surface area contributed by atoms with Gasteiger partial charge in [-0.15, -0.1) is 0 Å². The topological polar surface area (TPSA) is 24.9 Å². The number of nitrogens with one attached hydrogen (secondary N) is 1. The average molecular weight is 323 g/mol. The van der Waals surface area contributed by atoms with Crippen molar-refractivity contribution in [1.82, 2.24) is 4.98 Å². The van der Waals surface area contributed by atoms with Crippen molar-refractivity contribution in [2.45, 2.75) is 12.3 Å². The Morgan fingerprint density at radius 3 is 2.30 bits per heavy atom. The molecule has 2 nitrogen and oxygen atoms in total. The summed E-state index contributed by atoms with van der Waals surface area (Å²) in [5.41, 5.74) is 3.47. The molecule has 1 atom stereocenters. The van der Waals surface area contributed by atoms with Gasteiger partial charge in [0.2, 0.25) is 0 Å². The molecule has 0 aliphatic rings. The van der Waals surface area contributed by atoms with E-state index >= 15 is 0 Å². The van der Waals surface area contributed by atoms with Crippen LogP contribution in [0, 0.1) is 0 Å². The van der Waals surface area contributed by atoms with E-state index in [0.29, 0.717) is 0 Å². The summed E-state index contributed by atoms with van der Waals surface area (Å²) in [6.45, 7) is 0.883. The zero-order valence-corrected chi connectivity index (χ0v) is 13.6. The van der Waals surface area contributed by atoms with E-state index in [4.69, 9.17) is 11.6 Å². The summed E-state index contributed by atoms with van der Waals surface area (Å²) in [5.74, 6) is 0.254. The number of rotatable bonds is 6. The van der Waals surface area contributed by atoms with Crippen molar-refractivity contribution in [3.05, 3.63) is 95.3 Å². The lowest BCUT2D eigenvalue weighted by Gasteiger charge is -2.18. The summed E-state index contributed by atoms with van der Waals surface area (Å²) < 4.78 is 0. The zero-order chi connectivity index (χ0) is 15.9. The molecule has 0 aliphatic heterocycles. The highest BCUT2D eigenvalue weighted by molar-refractivity contribution is 6.30. The quantitative estimate of drug-likeness (QED) is 0.660. The van der Waals surface area contributed by atoms with Gasteiger partial charge < -0.3 is 5.32 Å². The molecule has 0 bridgehead atoms. The van der Waals surface area contributed by atoms with E-state index < -0.39 is 0 Å². The molecule has 1 heterocycles. The molecular weight excluding hydrogens is 304 g/mol. The van der Waals surface area contributed by atoms with Crippen molar-refractivity contribution < 1.29 is 0 Å². The summed E-state index contributed by atoms with van der Waals surface area (Å²) in [5, 5.41) is 4.23. The van der Waals surface area contributed by atoms with Gasteiger partial charge in [0, 0.05) is 35.1 Å². The molecule has 23 heavy (non-hydrogen) atoms. The van der Waals surface area contributed by atoms with E-state index in [0.717, 1.165) is 29.4 Å². The summed E-state index contributed by atoms with van der Waals surface area (Å²) in [4.78, 5) is 4.54. The van der Waals surface area contributed by atoms with Gasteiger partial charge in [-0.05, 0) is 48.4 Å². The summed E-state index contributed by atoms with van der Waals surface area (Å²) in [6, 6.07) is 24.4. The van der Waals surface area contributed by atoms with E-state index in [9.17, 15) is 0 Å². The third-order valence-electron chi connectivity index (χ3n) is 3.85. The second-order valence-corrected chi connectivity index (χ2v) is 5.88. The Morgan fingerprint density at radius 1 is 0.870 bits per heavy atom. The van der Waals surface area contributed by atoms with E-state index in [1.165, 1.54) is 5.56 Å². The number of nitrogens with zero attached hydrogens (tertiary/aromatic N) is 1. The second kappa shape index (κ2) is 7.80. The highest BCUT2D eigenvalue weighted by atomic mass is 35.5. The van der Waals surface area contributed by atoms with Crippen LogP contribution in [0.25, 0.3) is 0 Å². The van der Waals surface area contributed by atoms with Crippen molar-refractivity contribution in [2.75, 3.05) is 11.9 Å². The number of hydrogen-bond acceptors (Lipinski definition) is 2. The lowest BCUT2D eigenvalue weighted by Crippen LogP contribution is -2.10. The summed E-state index contributed by atoms with van der Waals surface area (Å²) in [6.07, 6.45) is 2.82. The molecule has 1 unspecified atom stereocenters. The second-order valence-electron chi connectivity index (χ2n) is 5.44. The normalized spacial score (nSPS) is 11.9. The first-order valence-electron chi connectivity index (χ1n) is 7.78. The van der Waals surface area contributed by atoms with E-state index in [-0.39, 0.29) is 5.92 Å². The number of benzene rings is 2. The van der Waals surface area contributed by atoms with Crippen LogP contribution in [0.3, 0.4) is 0 Å². The molecule has 0 fully saturated rings. The predicted octanol–water partition coefficient (Wildman–Crippen LogP) is 5.37. The molecule has 0 spiro atoms. The molecule has 0 saturated heterocycles. The van der Waals surface area contributed by atoms with Gasteiger partial charge in [0.25, 0.3) is 0 Å². The van der Waals surface area contributed by atoms with Gasteiger partial charge in [-0.1, -0.05) is 48.0 Å². The van der Waals surface area contributed by atoms with Crippen LogP contribution < -0.4 is 5.32 Å². The first-order valence-corrected chi connectivity index (χ1v) is 8.16. The number of hydrogen-bond donors (Lipinski definition) is 1. The van der Waals surface area contributed by atoms with Crippen LogP contribution in [0.4, 0.5) is 5.69 Å². The van der Waals surface area contributed by atoms with Gasteiger partial charge >= 0.3 is 0 Å². The van der Waals surface area contributed by atoms with Gasteiger partial charge in [-0.25, -0.2) is 0 Å². The number of aromatic nitrogens is 1. The number of para-hydroxylation sites is 1. The average Bonchev–Trinajstić information content (AvgIpc) is 2.61. The molecule has 0 amide bonds. The first-order chi connectivity index (χ1) is 11.3. The van der Waals surface area contributed by atoms with Crippen LogP contribution in [0.15, 0.2) is 79.0 Å². The minimum Gasteiger partial charge on any atom is -0.385 e. The van der Waals surface area contributed by atoms with Gasteiger partial charge in [-0.2, -0.15) is 0 Å². The molecule has 0 aliphatic carbocycles. The Bertz CT molecular complexity index is 712. The molecule has 0 radical (unpaired) electrons. The van der Waals surface area contributed by atoms with Gasteiger partial charge in [0.15, 0.2) is 0 Å². The molecule has 1 N–H and O–H groups in total. The van der Waals surface area contributed by atoms with Crippen molar-refractivity contribution in [2.24, 2.45) is 0 Å². The fraction of sp³-hybridized carbons (Fsp3) is 0.150. The monoisotopic (exact) mass is 322 g/mol. The molecule has 2 aromatic carbocycles. The predicted molar refractivity (Wildman–Crippen MR) is 97.1 cm³/mol. The number of anilines is 1. The maximum atomic E-state index is 6.02. The van der Waals surface area contributed by atoms with Crippen molar-refractivity contribution in [3.8, 4) is 0 Å². The molecule has 3 rings (SSSR count). The molecule has 1 aromatic heterocycles. The van der Waals surface area contributed by atoms with Crippen molar-refractivity contribution >= 4 is 17.3 Å². The third kappa shape index (κ3) is 4.33. The molecular formula is C20H19ClN2. The lowest BCUT2D eigenvalue weighted by atomic mass is 9.92. The standard InChI is InChI=1S/C20H19ClN2/c21-17-11-9-16(10-12-17)19(20-8-4-5-14-23-20)13-15-22-18-6-2-1-3-7-18/h1-12,14,19,22H,13,15H2. The highest BCUT2D eigenvalue weighted by Gasteiger charge is 2.15. The summed E-state index contributed by atoms with van der Waals surface area (Å²) >= 11 is 6.02. The van der Waals surface area contributed by atoms with Crippen LogP contribution in [0.5, 0.6) is 0 Å². The molecule has 3 heteroatoms. The summed E-state index contributed by atoms with van der Waals surface area (Å²) in [7, 11) is 0. The maximum Gasteiger partial charge on any atom is 0.0479 e. The van der Waals surface area contributed by atoms with E-state index in [2.05, 4.69) is 40.6 Å². The zero-order valence-electron chi connectivity index (χ0n) is 12.8. The number of pyridine rings is 1. The first kappa shape index (κ1) is 15.6. The SMILES string of the molecule is Clc1ccc(C(CCNc2ccccc2)c2ccccn2)cc1. The van der Waals surface area contributed by atoms with Crippen LogP contribution in [-0.2, 0) is 0 Å². The molecule has 3 aromatic rings. The van der Waals surface area contributed by atoms with Crippen LogP contribution in [0.1, 0.15) is 23.6 Å². The van der Waals surface area contributed by atoms with Crippen LogP contribution >= 0.6 is 11.6 Å². The van der Waals surface area contributed by atoms with Gasteiger partial charge in [0.05, 0.1) is 0 Å². The fourth-order valence-electron chi connectivity index (χ4n) is 2.68. The number of halogens is 1. The minimum absolute atomic E-state index is 0.254. The largest absolute Gasteiger partial charge is 0.385 e. The van der Waals surface area contributed by atoms with Gasteiger partial charge in [-0.3, -0.25) is 4.98 Å². The van der Waals surface area contributed by atoms with Crippen LogP contribution in [0.2, 0.25) is 5.02 Å². The third-order valence-corrected chi connectivity index (χ3v) is 4.11. The fourth-order valence-corrected chi connectivity index (χ4v) is 2.81. The maximum absolute atomic E-state index is 6.02. The lowest BCUT2D eigenvalue weighted by molar-refractivity contribution is 0.722. The molecule has 116 valence electrons. The Balaban J connectivity index is 1.74. The Kier molecular flexibility index (Phi) is 5.28. The Hall–Kier alpha value is -2.32. The van der Waals surface area contributed by atoms with Crippen molar-refractivity contribution in [1.29, 1.82) is 0 Å². The highest BCUT2D eigenvalue weighted by Crippen LogP contribution is 2.27. The Labute approximate surface area is 142 Å². The smallest absolute Gasteiger partial charge is 0.0479 e. The van der Waals surface area contributed by atoms with E-state index in [1.807, 2.05) is 48.7 Å². The van der Waals surface area contributed by atoms with Crippen molar-refractivity contribution in [3.63, 3.8) is 0 Å². The Morgan fingerprint density at radius 2 is 1.61 bits per heavy atom. The van der Waals surface area contributed by atoms with Crippen LogP contribution in [-0.4, -0.2) is 11.5 Å². The van der Waals surface area contributed by atoms with Gasteiger partial charge in [0.1, 0.15) is 0 Å². The van der Waals surface area contributed by atoms with E-state index in [1.54, 1.807) is 0 Å². The minimum atomic E-state index is 0.254.